The van der Waals surface area contributed by atoms with Crippen LogP contribution in [0.5, 0.6) is 0 Å². The molecule has 1 N–H and O–H groups in total. The Morgan fingerprint density at radius 1 is 1.00 bits per heavy atom. The van der Waals surface area contributed by atoms with E-state index in [1.54, 1.807) is 0 Å². The Hall–Kier alpha value is -0.130. The van der Waals surface area contributed by atoms with Crippen LogP contribution in [0.4, 0.5) is 0 Å². The van der Waals surface area contributed by atoms with Gasteiger partial charge in [0.1, 0.15) is 0 Å². The highest BCUT2D eigenvalue weighted by molar-refractivity contribution is 7.91. The second kappa shape index (κ2) is 6.78. The molecule has 2 saturated carbocycles. The van der Waals surface area contributed by atoms with Crippen LogP contribution >= 0.6 is 0 Å². The third-order valence-corrected chi connectivity index (χ3v) is 7.62. The van der Waals surface area contributed by atoms with Crippen molar-refractivity contribution in [1.82, 2.24) is 5.32 Å². The van der Waals surface area contributed by atoms with Gasteiger partial charge in [0.25, 0.3) is 0 Å². The molecule has 3 atom stereocenters. The molecule has 3 aliphatic rings. The molecule has 0 radical (unpaired) electrons. The molecular weight excluding hydrogens is 298 g/mol. The maximum Gasteiger partial charge on any atom is 0.151 e. The van der Waals surface area contributed by atoms with E-state index in [4.69, 9.17) is 4.74 Å². The molecule has 0 amide bonds. The van der Waals surface area contributed by atoms with Crippen molar-refractivity contribution in [3.05, 3.63) is 0 Å². The Morgan fingerprint density at radius 2 is 1.73 bits per heavy atom. The van der Waals surface area contributed by atoms with Crippen molar-refractivity contribution < 1.29 is 13.2 Å². The molecule has 128 valence electrons. The maximum atomic E-state index is 12.1. The average molecular weight is 330 g/mol. The molecule has 3 fully saturated rings. The van der Waals surface area contributed by atoms with Crippen molar-refractivity contribution in [2.75, 3.05) is 12.9 Å². The molecule has 22 heavy (non-hydrogen) atoms. The average Bonchev–Trinajstić information content (AvgIpc) is 2.47. The molecule has 0 bridgehead atoms. The number of hydrogen-bond acceptors (Lipinski definition) is 4. The second-order valence-corrected chi connectivity index (χ2v) is 9.97. The second-order valence-electron chi connectivity index (χ2n) is 7.71. The zero-order chi connectivity index (χ0) is 15.6. The van der Waals surface area contributed by atoms with Crippen LogP contribution in [0.25, 0.3) is 0 Å². The molecule has 3 unspecified atom stereocenters. The Labute approximate surface area is 135 Å². The summed E-state index contributed by atoms with van der Waals surface area (Å²) in [5, 5.41) is 3.54. The maximum absolute atomic E-state index is 12.1. The first-order valence-corrected chi connectivity index (χ1v) is 11.0. The fourth-order valence-corrected chi connectivity index (χ4v) is 6.22. The van der Waals surface area contributed by atoms with Crippen molar-refractivity contribution >= 4 is 9.84 Å². The van der Waals surface area contributed by atoms with Crippen LogP contribution in [-0.2, 0) is 14.6 Å². The monoisotopic (exact) mass is 329 g/mol. The van der Waals surface area contributed by atoms with Gasteiger partial charge in [0.2, 0.25) is 0 Å². The van der Waals surface area contributed by atoms with Crippen molar-refractivity contribution in [2.24, 2.45) is 0 Å². The fourth-order valence-electron chi connectivity index (χ4n) is 4.82. The highest BCUT2D eigenvalue weighted by Gasteiger charge is 2.40. The zero-order valence-corrected chi connectivity index (χ0v) is 14.7. The van der Waals surface area contributed by atoms with E-state index in [2.05, 4.69) is 5.32 Å². The summed E-state index contributed by atoms with van der Waals surface area (Å²) in [6.45, 7) is 0.827. The molecule has 3 rings (SSSR count). The van der Waals surface area contributed by atoms with E-state index >= 15 is 0 Å². The molecule has 5 heteroatoms. The Morgan fingerprint density at radius 3 is 2.45 bits per heavy atom. The van der Waals surface area contributed by atoms with Gasteiger partial charge < -0.3 is 10.1 Å². The molecule has 0 aromatic heterocycles. The SMILES string of the molecule is CS(=O)(=O)C1CCCCC1NC1CCOC2(CCCCC2)C1. The van der Waals surface area contributed by atoms with Crippen LogP contribution in [0.2, 0.25) is 0 Å². The van der Waals surface area contributed by atoms with Crippen LogP contribution in [-0.4, -0.2) is 44.2 Å². The topological polar surface area (TPSA) is 55.4 Å². The first kappa shape index (κ1) is 16.7. The highest BCUT2D eigenvalue weighted by Crippen LogP contribution is 2.39. The predicted molar refractivity (Wildman–Crippen MR) is 88.8 cm³/mol. The van der Waals surface area contributed by atoms with Gasteiger partial charge in [0.05, 0.1) is 10.9 Å². The third kappa shape index (κ3) is 3.85. The van der Waals surface area contributed by atoms with E-state index in [-0.39, 0.29) is 16.9 Å². The smallest absolute Gasteiger partial charge is 0.151 e. The van der Waals surface area contributed by atoms with E-state index in [0.29, 0.717) is 6.04 Å². The summed E-state index contributed by atoms with van der Waals surface area (Å²) in [6, 6.07) is 0.576. The molecule has 1 saturated heterocycles. The van der Waals surface area contributed by atoms with Gasteiger partial charge in [-0.15, -0.1) is 0 Å². The molecule has 0 aromatic carbocycles. The Kier molecular flexibility index (Phi) is 5.15. The van der Waals surface area contributed by atoms with Crippen LogP contribution < -0.4 is 5.32 Å². The van der Waals surface area contributed by atoms with Gasteiger partial charge >= 0.3 is 0 Å². The molecule has 1 aliphatic heterocycles. The van der Waals surface area contributed by atoms with Gasteiger partial charge in [-0.3, -0.25) is 0 Å². The minimum Gasteiger partial charge on any atom is -0.375 e. The highest BCUT2D eigenvalue weighted by atomic mass is 32.2. The standard InChI is InChI=1S/C17H31NO3S/c1-22(19,20)16-8-4-3-7-15(16)18-14-9-12-21-17(13-14)10-5-2-6-11-17/h14-16,18H,2-13H2,1H3. The Balaban J connectivity index is 1.63. The van der Waals surface area contributed by atoms with Gasteiger partial charge in [-0.1, -0.05) is 32.1 Å². The molecule has 0 aromatic rings. The molecule has 1 heterocycles. The van der Waals surface area contributed by atoms with Crippen LogP contribution in [0.15, 0.2) is 0 Å². The van der Waals surface area contributed by atoms with Gasteiger partial charge in [-0.2, -0.15) is 0 Å². The lowest BCUT2D eigenvalue weighted by Crippen LogP contribution is -2.54. The van der Waals surface area contributed by atoms with Crippen molar-refractivity contribution in [3.8, 4) is 0 Å². The van der Waals surface area contributed by atoms with Crippen LogP contribution in [0.3, 0.4) is 0 Å². The lowest BCUT2D eigenvalue weighted by Gasteiger charge is -2.45. The summed E-state index contributed by atoms with van der Waals surface area (Å²) in [4.78, 5) is 0. The Bertz CT molecular complexity index is 465. The van der Waals surface area contributed by atoms with Gasteiger partial charge in [0, 0.05) is 24.9 Å². The summed E-state index contributed by atoms with van der Waals surface area (Å²) in [6.07, 6.45) is 13.8. The predicted octanol–water partition coefficient (Wildman–Crippen LogP) is 2.81. The normalized spacial score (nSPS) is 36.3. The molecule has 2 aliphatic carbocycles. The summed E-state index contributed by atoms with van der Waals surface area (Å²) in [5.74, 6) is 0. The first-order chi connectivity index (χ1) is 10.5. The summed E-state index contributed by atoms with van der Waals surface area (Å²) in [5.41, 5.74) is 0.0867. The van der Waals surface area contributed by atoms with Crippen molar-refractivity contribution in [1.29, 1.82) is 0 Å². The summed E-state index contributed by atoms with van der Waals surface area (Å²) in [7, 11) is -2.95. The van der Waals surface area contributed by atoms with Gasteiger partial charge in [-0.05, 0) is 38.5 Å². The van der Waals surface area contributed by atoms with Gasteiger partial charge in [-0.25, -0.2) is 8.42 Å². The lowest BCUT2D eigenvalue weighted by molar-refractivity contribution is -0.110. The molecular formula is C17H31NO3S. The van der Waals surface area contributed by atoms with Gasteiger partial charge in [0.15, 0.2) is 9.84 Å². The number of hydrogen-bond donors (Lipinski definition) is 1. The minimum absolute atomic E-state index is 0.0867. The lowest BCUT2D eigenvalue weighted by atomic mass is 9.78. The minimum atomic E-state index is -2.95. The first-order valence-electron chi connectivity index (χ1n) is 9.07. The van der Waals surface area contributed by atoms with E-state index in [1.807, 2.05) is 0 Å². The van der Waals surface area contributed by atoms with Crippen molar-refractivity contribution in [3.63, 3.8) is 0 Å². The largest absolute Gasteiger partial charge is 0.375 e. The fraction of sp³-hybridized carbons (Fsp3) is 1.00. The number of ether oxygens (including phenoxy) is 1. The van der Waals surface area contributed by atoms with E-state index in [0.717, 1.165) is 45.1 Å². The number of sulfone groups is 1. The number of nitrogens with one attached hydrogen (secondary N) is 1. The van der Waals surface area contributed by atoms with E-state index in [1.165, 1.54) is 38.4 Å². The summed E-state index contributed by atoms with van der Waals surface area (Å²) >= 11 is 0. The number of rotatable bonds is 3. The van der Waals surface area contributed by atoms with Crippen LogP contribution in [0, 0.1) is 0 Å². The summed E-state index contributed by atoms with van der Waals surface area (Å²) < 4.78 is 30.3. The molecule has 4 nitrogen and oxygen atoms in total. The quantitative estimate of drug-likeness (QED) is 0.865. The van der Waals surface area contributed by atoms with Crippen molar-refractivity contribution in [2.45, 2.75) is 93.6 Å². The molecule has 1 spiro atoms. The van der Waals surface area contributed by atoms with Crippen LogP contribution in [0.1, 0.15) is 70.6 Å². The third-order valence-electron chi connectivity index (χ3n) is 5.96. The van der Waals surface area contributed by atoms with E-state index in [9.17, 15) is 8.42 Å². The zero-order valence-electron chi connectivity index (χ0n) is 13.9. The van der Waals surface area contributed by atoms with E-state index < -0.39 is 9.84 Å².